The largest absolute Gasteiger partial charge is 0.486 e. The van der Waals surface area contributed by atoms with Crippen molar-refractivity contribution < 1.29 is 13.9 Å². The monoisotopic (exact) mass is 370 g/mol. The second-order valence-corrected chi connectivity index (χ2v) is 6.66. The lowest BCUT2D eigenvalue weighted by atomic mass is 10.2. The first kappa shape index (κ1) is 16.6. The molecule has 8 heteroatoms. The van der Waals surface area contributed by atoms with Gasteiger partial charge in [-0.25, -0.2) is 14.1 Å². The van der Waals surface area contributed by atoms with Gasteiger partial charge in [-0.2, -0.15) is 0 Å². The highest BCUT2D eigenvalue weighted by atomic mass is 32.2. The highest BCUT2D eigenvalue weighted by Gasteiger charge is 2.28. The third kappa shape index (κ3) is 3.28. The summed E-state index contributed by atoms with van der Waals surface area (Å²) in [5.74, 6) is 1.35. The lowest BCUT2D eigenvalue weighted by Crippen LogP contribution is -2.45. The third-order valence-electron chi connectivity index (χ3n) is 3.89. The molecule has 1 aliphatic heterocycles. The second kappa shape index (κ2) is 7.17. The molecule has 1 aromatic heterocycles. The molecule has 3 aromatic rings. The molecule has 0 fully saturated rings. The Morgan fingerprint density at radius 1 is 1.12 bits per heavy atom. The Balaban J connectivity index is 1.59. The zero-order valence-corrected chi connectivity index (χ0v) is 14.5. The number of fused-ring (bicyclic) bond motifs is 1. The van der Waals surface area contributed by atoms with Gasteiger partial charge in [0, 0.05) is 11.3 Å². The zero-order chi connectivity index (χ0) is 17.9. The quantitative estimate of drug-likeness (QED) is 0.707. The van der Waals surface area contributed by atoms with Crippen molar-refractivity contribution in [2.45, 2.75) is 11.8 Å². The summed E-state index contributed by atoms with van der Waals surface area (Å²) in [5, 5.41) is 10.5. The van der Waals surface area contributed by atoms with E-state index < -0.39 is 0 Å². The van der Waals surface area contributed by atoms with Crippen LogP contribution in [0.4, 0.5) is 4.39 Å². The number of thioether (sulfide) groups is 1. The zero-order valence-electron chi connectivity index (χ0n) is 13.7. The maximum atomic E-state index is 13.1. The fraction of sp³-hybridized carbons (Fsp3) is 0.167. The molecule has 0 saturated heterocycles. The molecule has 0 radical (unpaired) electrons. The van der Waals surface area contributed by atoms with Crippen LogP contribution in [-0.4, -0.2) is 33.1 Å². The molecule has 2 heterocycles. The molecule has 6 nitrogen and oxygen atoms in total. The van der Waals surface area contributed by atoms with E-state index in [1.165, 1.54) is 36.0 Å². The summed E-state index contributed by atoms with van der Waals surface area (Å²) in [6, 6.07) is 14.9. The summed E-state index contributed by atoms with van der Waals surface area (Å²) >= 11 is 1.53. The number of hydrogen-bond donors (Lipinski definition) is 0. The van der Waals surface area contributed by atoms with E-state index in [1.54, 1.807) is 9.69 Å². The number of para-hydroxylation sites is 1. The van der Waals surface area contributed by atoms with E-state index in [0.717, 1.165) is 0 Å². The Hall–Kier alpha value is -2.87. The Bertz CT molecular complexity index is 915. The van der Waals surface area contributed by atoms with Crippen LogP contribution in [0.15, 0.2) is 59.8 Å². The number of halogens is 1. The van der Waals surface area contributed by atoms with Gasteiger partial charge in [-0.1, -0.05) is 30.0 Å². The number of rotatable bonds is 4. The second-order valence-electron chi connectivity index (χ2n) is 5.60. The first-order valence-corrected chi connectivity index (χ1v) is 9.03. The highest BCUT2D eigenvalue weighted by molar-refractivity contribution is 7.99. The van der Waals surface area contributed by atoms with Gasteiger partial charge in [-0.3, -0.25) is 4.79 Å². The summed E-state index contributed by atoms with van der Waals surface area (Å²) < 4.78 is 20.6. The number of carbonyl (C=O) groups excluding carboxylic acids is 1. The molecule has 0 aliphatic carbocycles. The fourth-order valence-electron chi connectivity index (χ4n) is 2.64. The van der Waals surface area contributed by atoms with Crippen LogP contribution < -0.4 is 9.75 Å². The maximum Gasteiger partial charge on any atom is 0.272 e. The summed E-state index contributed by atoms with van der Waals surface area (Å²) in [4.78, 5) is 12.9. The molecule has 0 unspecified atom stereocenters. The number of aromatic nitrogens is 3. The molecule has 2 aromatic carbocycles. The molecule has 0 bridgehead atoms. The van der Waals surface area contributed by atoms with Crippen LogP contribution in [0.25, 0.3) is 0 Å². The number of amides is 1. The van der Waals surface area contributed by atoms with Crippen molar-refractivity contribution in [3.05, 3.63) is 71.8 Å². The van der Waals surface area contributed by atoms with Crippen LogP contribution in [0.3, 0.4) is 0 Å². The number of ether oxygens (including phenoxy) is 1. The molecule has 0 spiro atoms. The van der Waals surface area contributed by atoms with Gasteiger partial charge < -0.3 is 4.74 Å². The Labute approximate surface area is 153 Å². The Morgan fingerprint density at radius 2 is 1.88 bits per heavy atom. The lowest BCUT2D eigenvalue weighted by molar-refractivity contribution is 0.0952. The van der Waals surface area contributed by atoms with Crippen LogP contribution in [0, 0.1) is 5.82 Å². The molecular formula is C18H15FN4O2S. The van der Waals surface area contributed by atoms with Gasteiger partial charge in [0.2, 0.25) is 5.16 Å². The van der Waals surface area contributed by atoms with Crippen molar-refractivity contribution in [1.29, 1.82) is 0 Å². The van der Waals surface area contributed by atoms with E-state index in [0.29, 0.717) is 34.6 Å². The minimum Gasteiger partial charge on any atom is -0.486 e. The van der Waals surface area contributed by atoms with Gasteiger partial charge in [0.05, 0.1) is 6.54 Å². The molecule has 132 valence electrons. The number of hydrogen-bond acceptors (Lipinski definition) is 5. The van der Waals surface area contributed by atoms with Gasteiger partial charge >= 0.3 is 0 Å². The summed E-state index contributed by atoms with van der Waals surface area (Å²) in [7, 11) is 0. The van der Waals surface area contributed by atoms with Crippen LogP contribution in [0.1, 0.15) is 16.2 Å². The van der Waals surface area contributed by atoms with Gasteiger partial charge in [0.15, 0.2) is 5.82 Å². The van der Waals surface area contributed by atoms with Gasteiger partial charge in [-0.15, -0.1) is 10.2 Å². The van der Waals surface area contributed by atoms with Crippen LogP contribution in [-0.2, 0) is 6.61 Å². The van der Waals surface area contributed by atoms with Crippen LogP contribution in [0.2, 0.25) is 0 Å². The van der Waals surface area contributed by atoms with Crippen molar-refractivity contribution in [3.8, 4) is 5.75 Å². The number of nitrogens with zero attached hydrogens (tertiary/aromatic N) is 4. The van der Waals surface area contributed by atoms with E-state index in [1.807, 2.05) is 30.3 Å². The lowest BCUT2D eigenvalue weighted by Gasteiger charge is -2.29. The van der Waals surface area contributed by atoms with E-state index in [9.17, 15) is 9.18 Å². The third-order valence-corrected chi connectivity index (χ3v) is 4.79. The molecule has 26 heavy (non-hydrogen) atoms. The minimum absolute atomic E-state index is 0.185. The topological polar surface area (TPSA) is 60.3 Å². The average Bonchev–Trinajstić information content (AvgIpc) is 3.10. The first-order valence-electron chi connectivity index (χ1n) is 8.05. The SMILES string of the molecule is O=C(c1ccc(F)cc1)N1CCSc2nnc(COc3ccccc3)n21. The normalized spacial score (nSPS) is 13.3. The number of benzene rings is 2. The predicted octanol–water partition coefficient (Wildman–Crippen LogP) is 2.88. The molecular weight excluding hydrogens is 355 g/mol. The minimum atomic E-state index is -0.377. The smallest absolute Gasteiger partial charge is 0.272 e. The Kier molecular flexibility index (Phi) is 4.57. The van der Waals surface area contributed by atoms with E-state index in [4.69, 9.17) is 4.74 Å². The molecule has 0 atom stereocenters. The van der Waals surface area contributed by atoms with Gasteiger partial charge in [0.1, 0.15) is 18.2 Å². The standard InChI is InChI=1S/C18H15FN4O2S/c19-14-8-6-13(7-9-14)17(24)22-10-11-26-18-21-20-16(23(18)22)12-25-15-4-2-1-3-5-15/h1-9H,10-12H2. The summed E-state index contributed by atoms with van der Waals surface area (Å²) in [6.45, 7) is 0.690. The predicted molar refractivity (Wildman–Crippen MR) is 95.3 cm³/mol. The molecule has 0 N–H and O–H groups in total. The molecule has 0 saturated carbocycles. The van der Waals surface area contributed by atoms with Crippen molar-refractivity contribution in [1.82, 2.24) is 14.9 Å². The van der Waals surface area contributed by atoms with Crippen molar-refractivity contribution >= 4 is 17.7 Å². The number of carbonyl (C=O) groups is 1. The van der Waals surface area contributed by atoms with Crippen molar-refractivity contribution in [2.75, 3.05) is 17.3 Å². The average molecular weight is 370 g/mol. The van der Waals surface area contributed by atoms with Crippen molar-refractivity contribution in [3.63, 3.8) is 0 Å². The van der Waals surface area contributed by atoms with Crippen LogP contribution >= 0.6 is 11.8 Å². The molecule has 4 rings (SSSR count). The van der Waals surface area contributed by atoms with Gasteiger partial charge in [-0.05, 0) is 36.4 Å². The highest BCUT2D eigenvalue weighted by Crippen LogP contribution is 2.24. The van der Waals surface area contributed by atoms with Crippen molar-refractivity contribution in [2.24, 2.45) is 0 Å². The summed E-state index contributed by atoms with van der Waals surface area (Å²) in [5.41, 5.74) is 0.410. The molecule has 1 aliphatic rings. The maximum absolute atomic E-state index is 13.1. The van der Waals surface area contributed by atoms with Crippen LogP contribution in [0.5, 0.6) is 5.75 Å². The molecule has 1 amide bonds. The fourth-order valence-corrected chi connectivity index (χ4v) is 3.51. The summed E-state index contributed by atoms with van der Waals surface area (Å²) in [6.07, 6.45) is 0. The van der Waals surface area contributed by atoms with Gasteiger partial charge in [0.25, 0.3) is 5.91 Å². The van der Waals surface area contributed by atoms with E-state index in [2.05, 4.69) is 10.2 Å². The Morgan fingerprint density at radius 3 is 2.65 bits per heavy atom. The van der Waals surface area contributed by atoms with E-state index >= 15 is 0 Å². The van der Waals surface area contributed by atoms with E-state index in [-0.39, 0.29) is 18.3 Å². The first-order chi connectivity index (χ1) is 12.7.